The molecule has 0 spiro atoms. The molecule has 1 aromatic rings. The van der Waals surface area contributed by atoms with Gasteiger partial charge in [-0.25, -0.2) is 9.18 Å². The summed E-state index contributed by atoms with van der Waals surface area (Å²) in [5.41, 5.74) is 0.493. The lowest BCUT2D eigenvalue weighted by Gasteiger charge is -2.35. The Bertz CT molecular complexity index is 751. The minimum absolute atomic E-state index is 0.00236. The number of halogens is 5. The summed E-state index contributed by atoms with van der Waals surface area (Å²) in [6.07, 6.45) is -5.60. The lowest BCUT2D eigenvalue weighted by atomic mass is 9.76. The van der Waals surface area contributed by atoms with Gasteiger partial charge in [0.15, 0.2) is 6.10 Å². The third kappa shape index (κ3) is 4.68. The van der Waals surface area contributed by atoms with E-state index in [1.807, 2.05) is 0 Å². The van der Waals surface area contributed by atoms with Crippen LogP contribution in [0.2, 0.25) is 5.02 Å². The van der Waals surface area contributed by atoms with Crippen LogP contribution in [0.25, 0.3) is 0 Å². The fourth-order valence-corrected chi connectivity index (χ4v) is 3.93. The molecule has 10 heteroatoms. The Morgan fingerprint density at radius 2 is 1.93 bits per heavy atom. The molecule has 1 aromatic carbocycles. The minimum Gasteiger partial charge on any atom is -0.434 e. The molecule has 1 saturated carbocycles. The van der Waals surface area contributed by atoms with Crippen LogP contribution in [0.3, 0.4) is 0 Å². The predicted octanol–water partition coefficient (Wildman–Crippen LogP) is 4.11. The van der Waals surface area contributed by atoms with E-state index in [-0.39, 0.29) is 43.2 Å². The van der Waals surface area contributed by atoms with E-state index in [9.17, 15) is 27.2 Å². The highest BCUT2D eigenvalue weighted by atomic mass is 35.5. The molecule has 1 aliphatic heterocycles. The van der Waals surface area contributed by atoms with Crippen molar-refractivity contribution in [3.8, 4) is 0 Å². The first-order valence-corrected chi connectivity index (χ1v) is 9.29. The molecule has 2 atom stereocenters. The van der Waals surface area contributed by atoms with Gasteiger partial charge in [-0.3, -0.25) is 4.79 Å². The van der Waals surface area contributed by atoms with Gasteiger partial charge < -0.3 is 15.4 Å². The number of benzene rings is 1. The maximum absolute atomic E-state index is 13.5. The first kappa shape index (κ1) is 20.7. The molecule has 0 radical (unpaired) electrons. The maximum Gasteiger partial charge on any atom is 0.408 e. The number of nitrogens with one attached hydrogen (secondary N) is 2. The van der Waals surface area contributed by atoms with Crippen LogP contribution in [-0.4, -0.2) is 30.8 Å². The summed E-state index contributed by atoms with van der Waals surface area (Å²) < 4.78 is 57.3. The smallest absolute Gasteiger partial charge is 0.408 e. The van der Waals surface area contributed by atoms with Crippen molar-refractivity contribution < 1.29 is 31.9 Å². The van der Waals surface area contributed by atoms with Gasteiger partial charge in [0.1, 0.15) is 5.82 Å². The molecule has 1 aliphatic carbocycles. The summed E-state index contributed by atoms with van der Waals surface area (Å²) >= 11 is 5.85. The Morgan fingerprint density at radius 3 is 2.46 bits per heavy atom. The number of alkyl halides is 3. The van der Waals surface area contributed by atoms with Crippen LogP contribution in [0.1, 0.15) is 37.3 Å². The number of carbonyl (C=O) groups is 2. The lowest BCUT2D eigenvalue weighted by Crippen LogP contribution is -2.42. The number of amides is 2. The van der Waals surface area contributed by atoms with Crippen LogP contribution in [0.15, 0.2) is 18.2 Å². The van der Waals surface area contributed by atoms with Gasteiger partial charge in [-0.1, -0.05) is 17.7 Å². The highest BCUT2D eigenvalue weighted by Crippen LogP contribution is 2.43. The average molecular weight is 423 g/mol. The molecule has 3 rings (SSSR count). The van der Waals surface area contributed by atoms with Gasteiger partial charge in [-0.15, -0.1) is 0 Å². The Kier molecular flexibility index (Phi) is 6.02. The maximum atomic E-state index is 13.5. The largest absolute Gasteiger partial charge is 0.434 e. The van der Waals surface area contributed by atoms with Gasteiger partial charge in [0.2, 0.25) is 0 Å². The zero-order chi connectivity index (χ0) is 20.5. The third-order valence-electron chi connectivity index (χ3n) is 5.28. The van der Waals surface area contributed by atoms with Crippen molar-refractivity contribution in [3.63, 3.8) is 0 Å². The van der Waals surface area contributed by atoms with E-state index in [1.165, 1.54) is 12.1 Å². The van der Waals surface area contributed by atoms with E-state index in [0.717, 1.165) is 6.07 Å². The van der Waals surface area contributed by atoms with Crippen molar-refractivity contribution in [2.45, 2.75) is 44.0 Å². The van der Waals surface area contributed by atoms with Crippen LogP contribution in [0, 0.1) is 17.7 Å². The van der Waals surface area contributed by atoms with Crippen LogP contribution in [-0.2, 0) is 9.53 Å². The molecular formula is C18H19ClF4N2O3. The molecular weight excluding hydrogens is 404 g/mol. The Morgan fingerprint density at radius 1 is 1.25 bits per heavy atom. The van der Waals surface area contributed by atoms with Crippen molar-refractivity contribution in [2.24, 2.45) is 11.8 Å². The summed E-state index contributed by atoms with van der Waals surface area (Å²) in [5.74, 6) is -2.85. The van der Waals surface area contributed by atoms with Crippen molar-refractivity contribution in [1.29, 1.82) is 0 Å². The zero-order valence-corrected chi connectivity index (χ0v) is 15.4. The number of rotatable bonds is 4. The van der Waals surface area contributed by atoms with Gasteiger partial charge in [0.25, 0.3) is 5.91 Å². The molecule has 0 bridgehead atoms. The SMILES string of the molecule is O=C1NC[C@@H](C(=O)NC(c2ccc(F)c(Cl)c2)[C@H]2CC[C@H](C(F)(F)F)CC2)O1. The van der Waals surface area contributed by atoms with E-state index in [0.29, 0.717) is 5.56 Å². The normalized spacial score (nSPS) is 26.3. The second-order valence-corrected chi connectivity index (χ2v) is 7.50. The van der Waals surface area contributed by atoms with Crippen LogP contribution in [0.4, 0.5) is 22.4 Å². The monoisotopic (exact) mass is 422 g/mol. The van der Waals surface area contributed by atoms with Crippen molar-refractivity contribution in [1.82, 2.24) is 10.6 Å². The molecule has 2 amide bonds. The van der Waals surface area contributed by atoms with Gasteiger partial charge in [0, 0.05) is 0 Å². The molecule has 2 N–H and O–H groups in total. The second kappa shape index (κ2) is 8.14. The topological polar surface area (TPSA) is 67.4 Å². The second-order valence-electron chi connectivity index (χ2n) is 7.09. The highest BCUT2D eigenvalue weighted by molar-refractivity contribution is 6.30. The zero-order valence-electron chi connectivity index (χ0n) is 14.7. The number of cyclic esters (lactones) is 1. The number of alkyl carbamates (subject to hydrolysis) is 1. The van der Waals surface area contributed by atoms with E-state index >= 15 is 0 Å². The molecule has 5 nitrogen and oxygen atoms in total. The lowest BCUT2D eigenvalue weighted by molar-refractivity contribution is -0.184. The Hall–Kier alpha value is -2.03. The number of carbonyl (C=O) groups excluding carboxylic acids is 2. The molecule has 154 valence electrons. The number of ether oxygens (including phenoxy) is 1. The van der Waals surface area contributed by atoms with E-state index < -0.39 is 42.1 Å². The van der Waals surface area contributed by atoms with Crippen LogP contribution >= 0.6 is 11.6 Å². The van der Waals surface area contributed by atoms with Crippen LogP contribution in [0.5, 0.6) is 0 Å². The molecule has 1 unspecified atom stereocenters. The molecule has 2 aliphatic rings. The van der Waals surface area contributed by atoms with Crippen molar-refractivity contribution in [2.75, 3.05) is 6.54 Å². The summed E-state index contributed by atoms with van der Waals surface area (Å²) in [5, 5.41) is 4.97. The fraction of sp³-hybridized carbons (Fsp3) is 0.556. The quantitative estimate of drug-likeness (QED) is 0.717. The van der Waals surface area contributed by atoms with Crippen LogP contribution < -0.4 is 10.6 Å². The molecule has 1 saturated heterocycles. The molecule has 28 heavy (non-hydrogen) atoms. The number of hydrogen-bond donors (Lipinski definition) is 2. The Balaban J connectivity index is 1.78. The molecule has 1 heterocycles. The standard InChI is InChI=1S/C18H19ClF4N2O3/c19-12-7-10(3-6-13(12)20)15(25-16(26)14-8-24-17(27)28-14)9-1-4-11(5-2-9)18(21,22)23/h3,6-7,9,11,14-15H,1-2,4-5,8H2,(H,24,27)(H,25,26)/t9-,11-,14-,15?/m0/s1. The van der Waals surface area contributed by atoms with Gasteiger partial charge in [-0.2, -0.15) is 13.2 Å². The van der Waals surface area contributed by atoms with E-state index in [1.54, 1.807) is 0 Å². The first-order valence-electron chi connectivity index (χ1n) is 8.91. The van der Waals surface area contributed by atoms with E-state index in [4.69, 9.17) is 16.3 Å². The highest BCUT2D eigenvalue weighted by Gasteiger charge is 2.43. The fourth-order valence-electron chi connectivity index (χ4n) is 3.74. The van der Waals surface area contributed by atoms with Gasteiger partial charge in [0.05, 0.1) is 23.5 Å². The van der Waals surface area contributed by atoms with E-state index in [2.05, 4.69) is 10.6 Å². The Labute approximate surface area is 163 Å². The van der Waals surface area contributed by atoms with Gasteiger partial charge >= 0.3 is 12.3 Å². The molecule has 2 fully saturated rings. The minimum atomic E-state index is -4.24. The third-order valence-corrected chi connectivity index (χ3v) is 5.57. The molecule has 0 aromatic heterocycles. The predicted molar refractivity (Wildman–Crippen MR) is 92.1 cm³/mol. The van der Waals surface area contributed by atoms with Crippen molar-refractivity contribution in [3.05, 3.63) is 34.6 Å². The van der Waals surface area contributed by atoms with Crippen molar-refractivity contribution >= 4 is 23.6 Å². The first-order chi connectivity index (χ1) is 13.1. The summed E-state index contributed by atoms with van der Waals surface area (Å²) in [7, 11) is 0. The summed E-state index contributed by atoms with van der Waals surface area (Å²) in [4.78, 5) is 23.6. The average Bonchev–Trinajstić information content (AvgIpc) is 3.08. The number of hydrogen-bond acceptors (Lipinski definition) is 3. The summed E-state index contributed by atoms with van der Waals surface area (Å²) in [6.45, 7) is 0.00236. The van der Waals surface area contributed by atoms with Gasteiger partial charge in [-0.05, 0) is 49.3 Å². The summed E-state index contributed by atoms with van der Waals surface area (Å²) in [6, 6.07) is 3.28.